The van der Waals surface area contributed by atoms with E-state index in [2.05, 4.69) is 5.32 Å². The maximum Gasteiger partial charge on any atom is 0.264 e. The quantitative estimate of drug-likeness (QED) is 0.168. The number of nitrogens with one attached hydrogen (secondary N) is 1. The Labute approximate surface area is 282 Å². The molecule has 1 N–H and O–H groups in total. The third-order valence-corrected chi connectivity index (χ3v) is 9.88. The Bertz CT molecular complexity index is 1800. The van der Waals surface area contributed by atoms with Gasteiger partial charge in [-0.1, -0.05) is 73.2 Å². The zero-order chi connectivity index (χ0) is 34.8. The number of benzene rings is 4. The molecule has 2 amide bonds. The van der Waals surface area contributed by atoms with Crippen LogP contribution in [0.25, 0.3) is 0 Å². The lowest BCUT2D eigenvalue weighted by Gasteiger charge is -2.34. The summed E-state index contributed by atoms with van der Waals surface area (Å²) in [5.74, 6) is -1.14. The molecule has 0 heterocycles. The Morgan fingerprint density at radius 2 is 1.52 bits per heavy atom. The first-order chi connectivity index (χ1) is 23.0. The summed E-state index contributed by atoms with van der Waals surface area (Å²) >= 11 is 0. The summed E-state index contributed by atoms with van der Waals surface area (Å²) in [5.41, 5.74) is 2.09. The molecule has 0 saturated carbocycles. The van der Waals surface area contributed by atoms with Gasteiger partial charge in [-0.05, 0) is 56.2 Å². The Kier molecular flexibility index (Phi) is 12.2. The van der Waals surface area contributed by atoms with Crippen molar-refractivity contribution in [2.24, 2.45) is 0 Å². The lowest BCUT2D eigenvalue weighted by atomic mass is 10.0. The SMILES string of the molecule is CC[C@@H](C)NC(=O)[C@@H](Cc1ccccc1)N(Cc1ccccc1F)C(=O)CN(c1ccc(C)cc1)S(=O)(=O)c1ccc(OC)c(OC)c1. The van der Waals surface area contributed by atoms with Crippen LogP contribution in [-0.4, -0.2) is 58.0 Å². The van der Waals surface area contributed by atoms with Gasteiger partial charge in [-0.2, -0.15) is 0 Å². The van der Waals surface area contributed by atoms with Crippen LogP contribution in [-0.2, 0) is 32.6 Å². The van der Waals surface area contributed by atoms with E-state index in [4.69, 9.17) is 9.47 Å². The van der Waals surface area contributed by atoms with Crippen molar-refractivity contribution >= 4 is 27.5 Å². The Balaban J connectivity index is 1.84. The molecule has 0 radical (unpaired) electrons. The van der Waals surface area contributed by atoms with Crippen LogP contribution in [0.5, 0.6) is 11.5 Å². The van der Waals surface area contributed by atoms with Gasteiger partial charge in [0, 0.05) is 30.6 Å². The van der Waals surface area contributed by atoms with Gasteiger partial charge < -0.3 is 19.7 Å². The van der Waals surface area contributed by atoms with E-state index >= 15 is 4.39 Å². The van der Waals surface area contributed by atoms with Gasteiger partial charge >= 0.3 is 0 Å². The standard InChI is InChI=1S/C37H42FN3O6S/c1-6-27(3)39-37(43)33(22-28-12-8-7-9-13-28)40(24-29-14-10-11-15-32(29)38)36(42)25-41(30-18-16-26(2)17-19-30)48(44,45)31-20-21-34(46-4)35(23-31)47-5/h7-21,23,27,33H,6,22,24-25H2,1-5H3,(H,39,43)/t27-,33-/m1/s1. The second-order valence-electron chi connectivity index (χ2n) is 11.5. The summed E-state index contributed by atoms with van der Waals surface area (Å²) in [6, 6.07) is 24.8. The number of nitrogens with zero attached hydrogens (tertiary/aromatic N) is 2. The van der Waals surface area contributed by atoms with E-state index in [1.807, 2.05) is 51.1 Å². The van der Waals surface area contributed by atoms with Crippen LogP contribution in [0.4, 0.5) is 10.1 Å². The Morgan fingerprint density at radius 1 is 0.875 bits per heavy atom. The molecule has 0 aliphatic rings. The molecule has 4 aromatic carbocycles. The van der Waals surface area contributed by atoms with Gasteiger partial charge in [0.05, 0.1) is 24.8 Å². The van der Waals surface area contributed by atoms with Crippen molar-refractivity contribution in [1.29, 1.82) is 0 Å². The summed E-state index contributed by atoms with van der Waals surface area (Å²) in [7, 11) is -1.55. The lowest BCUT2D eigenvalue weighted by molar-refractivity contribution is -0.140. The lowest BCUT2D eigenvalue weighted by Crippen LogP contribution is -2.54. The van der Waals surface area contributed by atoms with Crippen LogP contribution in [0.3, 0.4) is 0 Å². The number of carbonyl (C=O) groups excluding carboxylic acids is 2. The molecular formula is C37H42FN3O6S. The third-order valence-electron chi connectivity index (χ3n) is 8.11. The van der Waals surface area contributed by atoms with E-state index in [1.165, 1.54) is 49.5 Å². The molecule has 254 valence electrons. The number of ether oxygens (including phenoxy) is 2. The summed E-state index contributed by atoms with van der Waals surface area (Å²) in [6.45, 7) is 4.71. The molecular weight excluding hydrogens is 633 g/mol. The van der Waals surface area contributed by atoms with Crippen molar-refractivity contribution in [3.05, 3.63) is 120 Å². The first-order valence-corrected chi connectivity index (χ1v) is 17.1. The largest absolute Gasteiger partial charge is 0.493 e. The zero-order valence-corrected chi connectivity index (χ0v) is 28.7. The van der Waals surface area contributed by atoms with Crippen LogP contribution in [0.15, 0.2) is 102 Å². The fourth-order valence-corrected chi connectivity index (χ4v) is 6.58. The maximum atomic E-state index is 15.1. The van der Waals surface area contributed by atoms with E-state index in [1.54, 1.807) is 36.4 Å². The normalized spacial score (nSPS) is 12.5. The highest BCUT2D eigenvalue weighted by atomic mass is 32.2. The molecule has 0 spiro atoms. The molecule has 0 fully saturated rings. The van der Waals surface area contributed by atoms with Gasteiger partial charge in [0.1, 0.15) is 18.4 Å². The minimum atomic E-state index is -4.39. The monoisotopic (exact) mass is 675 g/mol. The third kappa shape index (κ3) is 8.71. The highest BCUT2D eigenvalue weighted by Crippen LogP contribution is 2.32. The number of anilines is 1. The van der Waals surface area contributed by atoms with Crippen LogP contribution < -0.4 is 19.1 Å². The first kappa shape index (κ1) is 35.9. The molecule has 0 saturated heterocycles. The highest BCUT2D eigenvalue weighted by Gasteiger charge is 2.35. The van der Waals surface area contributed by atoms with E-state index in [0.29, 0.717) is 12.2 Å². The molecule has 48 heavy (non-hydrogen) atoms. The van der Waals surface area contributed by atoms with Crippen molar-refractivity contribution < 1.29 is 31.9 Å². The molecule has 0 aliphatic carbocycles. The van der Waals surface area contributed by atoms with Gasteiger partial charge in [-0.25, -0.2) is 12.8 Å². The molecule has 2 atom stereocenters. The topological polar surface area (TPSA) is 105 Å². The van der Waals surface area contributed by atoms with E-state index in [-0.39, 0.29) is 40.9 Å². The van der Waals surface area contributed by atoms with Crippen molar-refractivity contribution in [3.63, 3.8) is 0 Å². The zero-order valence-electron chi connectivity index (χ0n) is 27.9. The number of halogens is 1. The molecule has 0 aliphatic heterocycles. The van der Waals surface area contributed by atoms with Gasteiger partial charge in [0.25, 0.3) is 10.0 Å². The second kappa shape index (κ2) is 16.3. The molecule has 11 heteroatoms. The molecule has 4 aromatic rings. The summed E-state index contributed by atoms with van der Waals surface area (Å²) in [4.78, 5) is 29.6. The molecule has 9 nitrogen and oxygen atoms in total. The van der Waals surface area contributed by atoms with E-state index in [0.717, 1.165) is 15.4 Å². The van der Waals surface area contributed by atoms with Crippen LogP contribution in [0.1, 0.15) is 37.0 Å². The second-order valence-corrected chi connectivity index (χ2v) is 13.4. The fourth-order valence-electron chi connectivity index (χ4n) is 5.15. The van der Waals surface area contributed by atoms with Gasteiger partial charge in [-0.15, -0.1) is 0 Å². The van der Waals surface area contributed by atoms with Gasteiger partial charge in [0.2, 0.25) is 11.8 Å². The number of carbonyl (C=O) groups is 2. The summed E-state index contributed by atoms with van der Waals surface area (Å²) < 4.78 is 55.5. The molecule has 0 unspecified atom stereocenters. The number of aryl methyl sites for hydroxylation is 1. The smallest absolute Gasteiger partial charge is 0.264 e. The van der Waals surface area contributed by atoms with Crippen LogP contribution >= 0.6 is 0 Å². The predicted molar refractivity (Wildman–Crippen MR) is 184 cm³/mol. The van der Waals surface area contributed by atoms with E-state index < -0.39 is 40.2 Å². The Hall–Kier alpha value is -4.90. The number of hydrogen-bond acceptors (Lipinski definition) is 6. The van der Waals surface area contributed by atoms with Crippen molar-refractivity contribution in [2.75, 3.05) is 25.1 Å². The van der Waals surface area contributed by atoms with Crippen molar-refractivity contribution in [2.45, 2.75) is 57.1 Å². The average molecular weight is 676 g/mol. The predicted octanol–water partition coefficient (Wildman–Crippen LogP) is 5.90. The minimum absolute atomic E-state index is 0.121. The van der Waals surface area contributed by atoms with Crippen molar-refractivity contribution in [1.82, 2.24) is 10.2 Å². The van der Waals surface area contributed by atoms with Crippen LogP contribution in [0, 0.1) is 12.7 Å². The van der Waals surface area contributed by atoms with Crippen molar-refractivity contribution in [3.8, 4) is 11.5 Å². The summed E-state index contributed by atoms with van der Waals surface area (Å²) in [6.07, 6.45) is 0.770. The number of sulfonamides is 1. The first-order valence-electron chi connectivity index (χ1n) is 15.7. The average Bonchev–Trinajstić information content (AvgIpc) is 3.09. The van der Waals surface area contributed by atoms with E-state index in [9.17, 15) is 18.0 Å². The number of methoxy groups -OCH3 is 2. The molecule has 0 aromatic heterocycles. The minimum Gasteiger partial charge on any atom is -0.493 e. The highest BCUT2D eigenvalue weighted by molar-refractivity contribution is 7.92. The number of amides is 2. The number of hydrogen-bond donors (Lipinski definition) is 1. The molecule has 4 rings (SSSR count). The van der Waals surface area contributed by atoms with Crippen LogP contribution in [0.2, 0.25) is 0 Å². The molecule has 0 bridgehead atoms. The maximum absolute atomic E-state index is 15.1. The Morgan fingerprint density at radius 3 is 2.15 bits per heavy atom. The summed E-state index contributed by atoms with van der Waals surface area (Å²) in [5, 5.41) is 2.97. The fraction of sp³-hybridized carbons (Fsp3) is 0.297. The van der Waals surface area contributed by atoms with Gasteiger partial charge in [0.15, 0.2) is 11.5 Å². The number of rotatable bonds is 15. The van der Waals surface area contributed by atoms with Gasteiger partial charge in [-0.3, -0.25) is 13.9 Å².